The van der Waals surface area contributed by atoms with Crippen LogP contribution in [0, 0.1) is 0 Å². The Balaban J connectivity index is 1.34. The molecule has 3 aromatic carbocycles. The number of rotatable bonds is 14. The monoisotopic (exact) mass is 605 g/mol. The summed E-state index contributed by atoms with van der Waals surface area (Å²) < 4.78 is 4.81. The molecule has 0 spiro atoms. The minimum absolute atomic E-state index is 0.187. The summed E-state index contributed by atoms with van der Waals surface area (Å²) in [5.74, 6) is -0.187. The summed E-state index contributed by atoms with van der Waals surface area (Å²) in [7, 11) is 1.43. The van der Waals surface area contributed by atoms with Crippen molar-refractivity contribution in [2.75, 3.05) is 12.0 Å². The number of nitrogens with zero attached hydrogens (tertiary/aromatic N) is 1. The van der Waals surface area contributed by atoms with E-state index in [9.17, 15) is 4.79 Å². The van der Waals surface area contributed by atoms with E-state index in [1.54, 1.807) is 11.3 Å². The minimum atomic E-state index is -0.187. The van der Waals surface area contributed by atoms with Crippen molar-refractivity contribution in [1.29, 1.82) is 0 Å². The van der Waals surface area contributed by atoms with E-state index >= 15 is 0 Å². The van der Waals surface area contributed by atoms with E-state index in [2.05, 4.69) is 126 Å². The molecule has 43 heavy (non-hydrogen) atoms. The number of hydrogen-bond donors (Lipinski definition) is 0. The predicted molar refractivity (Wildman–Crippen MR) is 186 cm³/mol. The summed E-state index contributed by atoms with van der Waals surface area (Å²) in [4.78, 5) is 17.9. The zero-order chi connectivity index (χ0) is 29.9. The average Bonchev–Trinajstić information content (AvgIpc) is 3.76. The minimum Gasteiger partial charge on any atom is -0.469 e. The maximum Gasteiger partial charge on any atom is 0.305 e. The molecule has 0 aliphatic carbocycles. The maximum atomic E-state index is 11.6. The molecular formula is C38H39NO2S2. The molecule has 0 N–H and O–H groups in total. The standard InChI is InChI=1S/C38H39NO2S2/c1-3-4-5-6-8-35-25-26-36(43-35)24-14-29-10-18-32(19-11-29)39(33-20-12-30(13-21-33)15-27-38(40)41-2)34-22-16-31(17-23-34)37-9-7-28-42-37/h7,9-14,16-26,28H,3-6,8,15,27H2,1-2H3/b24-14+. The van der Waals surface area contributed by atoms with Gasteiger partial charge >= 0.3 is 5.97 Å². The number of hydrogen-bond acceptors (Lipinski definition) is 5. The fraction of sp³-hybridized carbons (Fsp3) is 0.237. The lowest BCUT2D eigenvalue weighted by Crippen LogP contribution is -2.10. The highest BCUT2D eigenvalue weighted by Crippen LogP contribution is 2.36. The Morgan fingerprint density at radius 2 is 1.47 bits per heavy atom. The van der Waals surface area contributed by atoms with Gasteiger partial charge in [-0.15, -0.1) is 22.7 Å². The summed E-state index contributed by atoms with van der Waals surface area (Å²) in [5.41, 5.74) is 6.76. The first kappa shape index (κ1) is 30.5. The third-order valence-electron chi connectivity index (χ3n) is 7.52. The average molecular weight is 606 g/mol. The largest absolute Gasteiger partial charge is 0.469 e. The van der Waals surface area contributed by atoms with Gasteiger partial charge in [-0.25, -0.2) is 0 Å². The van der Waals surface area contributed by atoms with Gasteiger partial charge in [0.05, 0.1) is 7.11 Å². The molecule has 5 aromatic rings. The number of benzene rings is 3. The van der Waals surface area contributed by atoms with Crippen LogP contribution in [0.3, 0.4) is 0 Å². The van der Waals surface area contributed by atoms with Gasteiger partial charge in [0.15, 0.2) is 0 Å². The number of methoxy groups -OCH3 is 1. The van der Waals surface area contributed by atoms with Crippen molar-refractivity contribution < 1.29 is 9.53 Å². The lowest BCUT2D eigenvalue weighted by Gasteiger charge is -2.26. The fourth-order valence-electron chi connectivity index (χ4n) is 5.08. The Morgan fingerprint density at radius 3 is 2.12 bits per heavy atom. The van der Waals surface area contributed by atoms with Crippen LogP contribution in [0.2, 0.25) is 0 Å². The molecule has 0 aliphatic heterocycles. The van der Waals surface area contributed by atoms with Gasteiger partial charge in [0, 0.05) is 38.1 Å². The summed E-state index contributed by atoms with van der Waals surface area (Å²) in [6.07, 6.45) is 11.9. The van der Waals surface area contributed by atoms with E-state index in [4.69, 9.17) is 4.74 Å². The van der Waals surface area contributed by atoms with Crippen LogP contribution in [0.5, 0.6) is 0 Å². The van der Waals surface area contributed by atoms with E-state index in [0.29, 0.717) is 12.8 Å². The van der Waals surface area contributed by atoms with Crippen molar-refractivity contribution in [3.05, 3.63) is 123 Å². The number of carbonyl (C=O) groups is 1. The summed E-state index contributed by atoms with van der Waals surface area (Å²) in [5, 5.41) is 2.11. The quantitative estimate of drug-likeness (QED) is 0.0931. The maximum absolute atomic E-state index is 11.6. The van der Waals surface area contributed by atoms with Gasteiger partial charge in [-0.1, -0.05) is 74.7 Å². The third kappa shape index (κ3) is 8.56. The molecule has 0 aliphatic rings. The number of carbonyl (C=O) groups excluding carboxylic acids is 1. The summed E-state index contributed by atoms with van der Waals surface area (Å²) in [6.45, 7) is 2.26. The van der Waals surface area contributed by atoms with Crippen LogP contribution in [-0.2, 0) is 22.4 Å². The van der Waals surface area contributed by atoms with Gasteiger partial charge in [-0.05, 0) is 102 Å². The molecule has 0 fully saturated rings. The highest BCUT2D eigenvalue weighted by atomic mass is 32.1. The molecule has 0 saturated heterocycles. The molecule has 2 aromatic heterocycles. The lowest BCUT2D eigenvalue weighted by molar-refractivity contribution is -0.140. The van der Waals surface area contributed by atoms with Gasteiger partial charge in [0.25, 0.3) is 0 Å². The highest BCUT2D eigenvalue weighted by Gasteiger charge is 2.13. The molecule has 220 valence electrons. The second-order valence-electron chi connectivity index (χ2n) is 10.6. The first-order valence-corrected chi connectivity index (χ1v) is 16.8. The third-order valence-corrected chi connectivity index (χ3v) is 9.55. The number of unbranched alkanes of at least 4 members (excludes halogenated alkanes) is 3. The fourth-order valence-corrected chi connectivity index (χ4v) is 6.77. The molecule has 2 heterocycles. The van der Waals surface area contributed by atoms with Crippen LogP contribution >= 0.6 is 22.7 Å². The normalized spacial score (nSPS) is 11.2. The molecule has 0 amide bonds. The molecular weight excluding hydrogens is 567 g/mol. The van der Waals surface area contributed by atoms with Gasteiger partial charge in [-0.2, -0.15) is 0 Å². The first-order chi connectivity index (χ1) is 21.1. The second-order valence-corrected chi connectivity index (χ2v) is 12.8. The number of ether oxygens (including phenoxy) is 1. The Kier molecular flexibility index (Phi) is 11.0. The molecule has 0 atom stereocenters. The molecule has 5 heteroatoms. The zero-order valence-electron chi connectivity index (χ0n) is 25.0. The van der Waals surface area contributed by atoms with Crippen molar-refractivity contribution in [2.45, 2.75) is 51.9 Å². The number of aryl methyl sites for hydroxylation is 2. The van der Waals surface area contributed by atoms with Crippen molar-refractivity contribution in [2.24, 2.45) is 0 Å². The molecule has 0 bridgehead atoms. The van der Waals surface area contributed by atoms with Crippen LogP contribution < -0.4 is 4.90 Å². The Labute approximate surface area is 264 Å². The SMILES string of the molecule is CCCCCCc1ccc(/C=C/c2ccc(N(c3ccc(CCC(=O)OC)cc3)c3ccc(-c4cccs4)cc3)cc2)s1. The smallest absolute Gasteiger partial charge is 0.305 e. The highest BCUT2D eigenvalue weighted by molar-refractivity contribution is 7.13. The Bertz CT molecular complexity index is 1580. The van der Waals surface area contributed by atoms with E-state index in [1.807, 2.05) is 11.3 Å². The number of esters is 1. The Hall–Kier alpha value is -3.93. The van der Waals surface area contributed by atoms with Crippen LogP contribution in [0.25, 0.3) is 22.6 Å². The van der Waals surface area contributed by atoms with E-state index in [0.717, 1.165) is 22.6 Å². The van der Waals surface area contributed by atoms with Gasteiger partial charge in [-0.3, -0.25) is 4.79 Å². The zero-order valence-corrected chi connectivity index (χ0v) is 26.6. The van der Waals surface area contributed by atoms with Crippen LogP contribution in [0.1, 0.15) is 59.9 Å². The topological polar surface area (TPSA) is 29.5 Å². The Morgan fingerprint density at radius 1 is 0.767 bits per heavy atom. The number of anilines is 3. The summed E-state index contributed by atoms with van der Waals surface area (Å²) >= 11 is 3.65. The van der Waals surface area contributed by atoms with Crippen LogP contribution in [-0.4, -0.2) is 13.1 Å². The second kappa shape index (κ2) is 15.5. The summed E-state index contributed by atoms with van der Waals surface area (Å²) in [6, 6.07) is 34.7. The van der Waals surface area contributed by atoms with E-state index < -0.39 is 0 Å². The van der Waals surface area contributed by atoms with Gasteiger partial charge in [0.1, 0.15) is 0 Å². The number of thiophene rings is 2. The van der Waals surface area contributed by atoms with Crippen molar-refractivity contribution in [3.8, 4) is 10.4 Å². The molecule has 5 rings (SSSR count). The molecule has 0 unspecified atom stereocenters. The molecule has 3 nitrogen and oxygen atoms in total. The lowest BCUT2D eigenvalue weighted by atomic mass is 10.1. The molecule has 0 saturated carbocycles. The van der Waals surface area contributed by atoms with Gasteiger partial charge in [0.2, 0.25) is 0 Å². The molecule has 0 radical (unpaired) electrons. The van der Waals surface area contributed by atoms with Crippen molar-refractivity contribution in [1.82, 2.24) is 0 Å². The predicted octanol–water partition coefficient (Wildman–Crippen LogP) is 11.3. The van der Waals surface area contributed by atoms with Crippen LogP contribution in [0.4, 0.5) is 17.1 Å². The first-order valence-electron chi connectivity index (χ1n) is 15.1. The van der Waals surface area contributed by atoms with Crippen molar-refractivity contribution in [3.63, 3.8) is 0 Å². The van der Waals surface area contributed by atoms with Crippen molar-refractivity contribution >= 4 is 57.9 Å². The van der Waals surface area contributed by atoms with E-state index in [1.165, 1.54) is 65.0 Å². The van der Waals surface area contributed by atoms with E-state index in [-0.39, 0.29) is 5.97 Å². The van der Waals surface area contributed by atoms with Crippen LogP contribution in [0.15, 0.2) is 102 Å². The van der Waals surface area contributed by atoms with Gasteiger partial charge < -0.3 is 9.64 Å².